The van der Waals surface area contributed by atoms with Crippen LogP contribution in [0.25, 0.3) is 0 Å². The number of carbonyl (C=O) groups is 1. The van der Waals surface area contributed by atoms with Crippen molar-refractivity contribution >= 4 is 13.6 Å². The van der Waals surface area contributed by atoms with Crippen molar-refractivity contribution < 1.29 is 40.7 Å². The lowest BCUT2D eigenvalue weighted by atomic mass is 10.8. The van der Waals surface area contributed by atoms with Gasteiger partial charge < -0.3 is 13.8 Å². The smallest absolute Gasteiger partial charge is 0.342 e. The number of rotatable bonds is 8. The van der Waals surface area contributed by atoms with Crippen LogP contribution in [-0.2, 0) is 23.1 Å². The number of hydrogen-bond acceptors (Lipinski definition) is 5. The highest BCUT2D eigenvalue weighted by Crippen LogP contribution is 2.48. The number of esters is 1. The van der Waals surface area contributed by atoms with E-state index < -0.39 is 45.8 Å². The monoisotopic (exact) mass is 282 g/mol. The van der Waals surface area contributed by atoms with Crippen molar-refractivity contribution in [3.05, 3.63) is 0 Å². The first-order valence-corrected chi connectivity index (χ1v) is 6.03. The molecule has 0 heterocycles. The average Bonchev–Trinajstić information content (AvgIpc) is 2.24. The molecular weight excluding hydrogens is 271 g/mol. The third-order valence-corrected chi connectivity index (χ3v) is 3.08. The van der Waals surface area contributed by atoms with Crippen molar-refractivity contribution in [2.24, 2.45) is 0 Å². The standard InChI is InChI=1S/C7H11F4O5P/c1-14-7(12)4-17(13,15-2-5(8)9)16-3-6(10)11/h5-6H,2-4H2,1H3. The molecule has 0 aliphatic rings. The fourth-order valence-corrected chi connectivity index (χ4v) is 2.07. The van der Waals surface area contributed by atoms with Gasteiger partial charge in [-0.1, -0.05) is 0 Å². The summed E-state index contributed by atoms with van der Waals surface area (Å²) in [7, 11) is -3.38. The van der Waals surface area contributed by atoms with E-state index >= 15 is 0 Å². The van der Waals surface area contributed by atoms with Crippen LogP contribution in [0.1, 0.15) is 0 Å². The van der Waals surface area contributed by atoms with Crippen LogP contribution in [0.15, 0.2) is 0 Å². The second kappa shape index (κ2) is 7.62. The summed E-state index contributed by atoms with van der Waals surface area (Å²) < 4.78 is 71.3. The van der Waals surface area contributed by atoms with Crippen LogP contribution in [0.3, 0.4) is 0 Å². The van der Waals surface area contributed by atoms with E-state index in [-0.39, 0.29) is 0 Å². The summed E-state index contributed by atoms with van der Waals surface area (Å²) in [6, 6.07) is 0. The first-order valence-electron chi connectivity index (χ1n) is 4.30. The van der Waals surface area contributed by atoms with E-state index in [2.05, 4.69) is 13.8 Å². The van der Waals surface area contributed by atoms with E-state index in [0.29, 0.717) is 0 Å². The number of ether oxygens (including phenoxy) is 1. The Bertz CT molecular complexity index is 269. The Kier molecular flexibility index (Phi) is 7.33. The summed E-state index contributed by atoms with van der Waals surface area (Å²) in [6.45, 7) is -2.56. The van der Waals surface area contributed by atoms with Crippen LogP contribution in [0.4, 0.5) is 17.6 Å². The molecule has 0 atom stereocenters. The summed E-state index contributed by atoms with van der Waals surface area (Å²) in [5.74, 6) is -1.07. The van der Waals surface area contributed by atoms with Gasteiger partial charge in [-0.25, -0.2) is 17.6 Å². The van der Waals surface area contributed by atoms with Gasteiger partial charge in [0.15, 0.2) is 0 Å². The largest absolute Gasteiger partial charge is 0.469 e. The summed E-state index contributed by atoms with van der Waals surface area (Å²) in [5.41, 5.74) is 0. The third-order valence-electron chi connectivity index (χ3n) is 1.34. The van der Waals surface area contributed by atoms with Gasteiger partial charge in [0.1, 0.15) is 19.4 Å². The van der Waals surface area contributed by atoms with Gasteiger partial charge in [0, 0.05) is 0 Å². The van der Waals surface area contributed by atoms with E-state index in [4.69, 9.17) is 0 Å². The lowest BCUT2D eigenvalue weighted by molar-refractivity contribution is -0.138. The van der Waals surface area contributed by atoms with Crippen LogP contribution in [-0.4, -0.2) is 45.3 Å². The number of methoxy groups -OCH3 is 1. The molecule has 0 aromatic heterocycles. The molecule has 17 heavy (non-hydrogen) atoms. The SMILES string of the molecule is COC(=O)CP(=O)(OCC(F)F)OCC(F)F. The fraction of sp³-hybridized carbons (Fsp3) is 0.857. The molecule has 5 nitrogen and oxygen atoms in total. The maximum absolute atomic E-state index is 11.8. The summed E-state index contributed by atoms with van der Waals surface area (Å²) in [5, 5.41) is 0. The van der Waals surface area contributed by atoms with Crippen LogP contribution < -0.4 is 0 Å². The molecule has 0 aromatic carbocycles. The average molecular weight is 282 g/mol. The van der Waals surface area contributed by atoms with Crippen molar-refractivity contribution in [2.45, 2.75) is 12.9 Å². The van der Waals surface area contributed by atoms with E-state index in [1.165, 1.54) is 0 Å². The van der Waals surface area contributed by atoms with Gasteiger partial charge in [0.25, 0.3) is 12.9 Å². The van der Waals surface area contributed by atoms with Crippen molar-refractivity contribution in [2.75, 3.05) is 26.5 Å². The molecule has 0 saturated carbocycles. The third kappa shape index (κ3) is 8.12. The van der Waals surface area contributed by atoms with Crippen LogP contribution in [0.5, 0.6) is 0 Å². The number of hydrogen-bond donors (Lipinski definition) is 0. The zero-order valence-corrected chi connectivity index (χ0v) is 9.67. The minimum absolute atomic E-state index is 0.951. The maximum Gasteiger partial charge on any atom is 0.342 e. The normalized spacial score (nSPS) is 12.2. The van der Waals surface area contributed by atoms with Gasteiger partial charge in [0.2, 0.25) is 0 Å². The molecule has 0 radical (unpaired) electrons. The maximum atomic E-state index is 11.8. The van der Waals surface area contributed by atoms with Crippen molar-refractivity contribution in [1.82, 2.24) is 0 Å². The molecule has 0 amide bonds. The Balaban J connectivity index is 4.45. The predicted molar refractivity (Wildman–Crippen MR) is 48.4 cm³/mol. The number of alkyl halides is 4. The Hall–Kier alpha value is -0.660. The van der Waals surface area contributed by atoms with Crippen LogP contribution in [0.2, 0.25) is 0 Å². The number of halogens is 4. The highest BCUT2D eigenvalue weighted by atomic mass is 31.2. The van der Waals surface area contributed by atoms with Gasteiger partial charge in [-0.3, -0.25) is 9.36 Å². The Morgan fingerprint density at radius 2 is 1.53 bits per heavy atom. The minimum Gasteiger partial charge on any atom is -0.469 e. The molecule has 0 aliphatic carbocycles. The molecule has 0 aliphatic heterocycles. The van der Waals surface area contributed by atoms with Crippen LogP contribution in [0, 0.1) is 0 Å². The van der Waals surface area contributed by atoms with Crippen LogP contribution >= 0.6 is 7.60 Å². The molecule has 0 N–H and O–H groups in total. The zero-order valence-electron chi connectivity index (χ0n) is 8.78. The molecule has 102 valence electrons. The Labute approximate surface area is 94.6 Å². The molecule has 0 bridgehead atoms. The Morgan fingerprint density at radius 1 is 1.12 bits per heavy atom. The van der Waals surface area contributed by atoms with E-state index in [1.54, 1.807) is 0 Å². The summed E-state index contributed by atoms with van der Waals surface area (Å²) in [4.78, 5) is 10.8. The van der Waals surface area contributed by atoms with Crippen molar-refractivity contribution in [1.29, 1.82) is 0 Å². The first-order chi connectivity index (χ1) is 7.79. The minimum atomic E-state index is -4.33. The van der Waals surface area contributed by atoms with E-state index in [9.17, 15) is 26.9 Å². The van der Waals surface area contributed by atoms with Gasteiger partial charge in [0.05, 0.1) is 7.11 Å². The molecular formula is C7H11F4O5P. The molecule has 0 fully saturated rings. The molecule has 0 unspecified atom stereocenters. The summed E-state index contributed by atoms with van der Waals surface area (Å²) >= 11 is 0. The highest BCUT2D eigenvalue weighted by molar-refractivity contribution is 7.54. The Morgan fingerprint density at radius 3 is 1.82 bits per heavy atom. The van der Waals surface area contributed by atoms with E-state index in [1.807, 2.05) is 0 Å². The topological polar surface area (TPSA) is 61.8 Å². The lowest BCUT2D eigenvalue weighted by Gasteiger charge is -2.17. The first kappa shape index (κ1) is 16.3. The molecule has 0 aromatic rings. The second-order valence-corrected chi connectivity index (χ2v) is 4.77. The van der Waals surface area contributed by atoms with Gasteiger partial charge in [-0.15, -0.1) is 0 Å². The van der Waals surface area contributed by atoms with E-state index in [0.717, 1.165) is 7.11 Å². The zero-order chi connectivity index (χ0) is 13.5. The lowest BCUT2D eigenvalue weighted by Crippen LogP contribution is -2.15. The van der Waals surface area contributed by atoms with Crippen molar-refractivity contribution in [3.8, 4) is 0 Å². The fourth-order valence-electron chi connectivity index (χ4n) is 0.691. The molecule has 0 saturated heterocycles. The molecule has 0 rings (SSSR count). The van der Waals surface area contributed by atoms with Crippen molar-refractivity contribution in [3.63, 3.8) is 0 Å². The number of carbonyl (C=O) groups excluding carboxylic acids is 1. The molecule has 0 spiro atoms. The predicted octanol–water partition coefficient (Wildman–Crippen LogP) is 1.92. The van der Waals surface area contributed by atoms with Gasteiger partial charge in [-0.05, 0) is 0 Å². The quantitative estimate of drug-likeness (QED) is 0.386. The second-order valence-electron chi connectivity index (χ2n) is 2.72. The highest BCUT2D eigenvalue weighted by Gasteiger charge is 2.31. The van der Waals surface area contributed by atoms with Gasteiger partial charge >= 0.3 is 13.6 Å². The summed E-state index contributed by atoms with van der Waals surface area (Å²) in [6.07, 6.45) is -6.92. The van der Waals surface area contributed by atoms with Gasteiger partial charge in [-0.2, -0.15) is 0 Å². The molecule has 10 heteroatoms.